The van der Waals surface area contributed by atoms with E-state index in [4.69, 9.17) is 11.6 Å². The van der Waals surface area contributed by atoms with Gasteiger partial charge in [0, 0.05) is 31.5 Å². The first-order valence-corrected chi connectivity index (χ1v) is 7.86. The highest BCUT2D eigenvalue weighted by Gasteiger charge is 2.34. The van der Waals surface area contributed by atoms with E-state index >= 15 is 0 Å². The number of carbonyl (C=O) groups is 2. The summed E-state index contributed by atoms with van der Waals surface area (Å²) >= 11 is 5.58. The quantitative estimate of drug-likeness (QED) is 0.857. The van der Waals surface area contributed by atoms with E-state index < -0.39 is 35.1 Å². The smallest absolute Gasteiger partial charge is 0.350 e. The van der Waals surface area contributed by atoms with Crippen LogP contribution < -0.4 is 10.2 Å². The number of rotatable bonds is 5. The first-order chi connectivity index (χ1) is 12.2. The van der Waals surface area contributed by atoms with Gasteiger partial charge in [-0.2, -0.15) is 13.2 Å². The second-order valence-electron chi connectivity index (χ2n) is 5.41. The molecule has 1 aromatic heterocycles. The standard InChI is InChI=1S/C17H15ClF3N3O2/c1-11(25)24(10-16(26)23-9-12-3-2-6-22-8-12)13-4-5-15(18)14(7-13)17(19,20)21/h2-8H,9-10H2,1H3,(H,23,26). The van der Waals surface area contributed by atoms with Crippen molar-refractivity contribution in [2.24, 2.45) is 0 Å². The molecule has 2 aromatic rings. The Kier molecular flexibility index (Phi) is 6.20. The summed E-state index contributed by atoms with van der Waals surface area (Å²) < 4.78 is 39.0. The normalized spacial score (nSPS) is 11.1. The van der Waals surface area contributed by atoms with E-state index in [9.17, 15) is 22.8 Å². The predicted octanol–water partition coefficient (Wildman–Crippen LogP) is 3.42. The molecule has 2 rings (SSSR count). The van der Waals surface area contributed by atoms with E-state index in [-0.39, 0.29) is 12.2 Å². The molecule has 0 unspecified atom stereocenters. The van der Waals surface area contributed by atoms with Crippen LogP contribution in [0, 0.1) is 0 Å². The number of nitrogens with one attached hydrogen (secondary N) is 1. The lowest BCUT2D eigenvalue weighted by molar-refractivity contribution is -0.137. The van der Waals surface area contributed by atoms with E-state index in [1.165, 1.54) is 6.07 Å². The van der Waals surface area contributed by atoms with Gasteiger partial charge in [0.1, 0.15) is 6.54 Å². The van der Waals surface area contributed by atoms with Gasteiger partial charge in [-0.05, 0) is 29.8 Å². The minimum absolute atomic E-state index is 0.0641. The van der Waals surface area contributed by atoms with Crippen LogP contribution in [-0.4, -0.2) is 23.3 Å². The number of hydrogen-bond donors (Lipinski definition) is 1. The highest BCUT2D eigenvalue weighted by atomic mass is 35.5. The van der Waals surface area contributed by atoms with Crippen molar-refractivity contribution in [1.29, 1.82) is 0 Å². The van der Waals surface area contributed by atoms with E-state index in [1.807, 2.05) is 0 Å². The molecule has 138 valence electrons. The Labute approximate surface area is 152 Å². The van der Waals surface area contributed by atoms with Crippen LogP contribution in [0.2, 0.25) is 5.02 Å². The highest BCUT2D eigenvalue weighted by molar-refractivity contribution is 6.31. The zero-order chi connectivity index (χ0) is 19.3. The van der Waals surface area contributed by atoms with Gasteiger partial charge in [-0.1, -0.05) is 17.7 Å². The Morgan fingerprint density at radius 1 is 1.27 bits per heavy atom. The second kappa shape index (κ2) is 8.18. The summed E-state index contributed by atoms with van der Waals surface area (Å²) in [6, 6.07) is 6.51. The van der Waals surface area contributed by atoms with Crippen LogP contribution in [0.3, 0.4) is 0 Å². The molecule has 0 spiro atoms. The third-order valence-electron chi connectivity index (χ3n) is 3.46. The van der Waals surface area contributed by atoms with Gasteiger partial charge in [0.2, 0.25) is 11.8 Å². The number of alkyl halides is 3. The number of hydrogen-bond acceptors (Lipinski definition) is 3. The number of anilines is 1. The number of halogens is 4. The summed E-state index contributed by atoms with van der Waals surface area (Å²) in [5.41, 5.74) is -0.384. The minimum atomic E-state index is -4.67. The van der Waals surface area contributed by atoms with E-state index in [0.29, 0.717) is 0 Å². The lowest BCUT2D eigenvalue weighted by Gasteiger charge is -2.22. The molecule has 0 aliphatic rings. The van der Waals surface area contributed by atoms with Crippen LogP contribution in [0.15, 0.2) is 42.7 Å². The topological polar surface area (TPSA) is 62.3 Å². The summed E-state index contributed by atoms with van der Waals surface area (Å²) in [6.45, 7) is 0.928. The van der Waals surface area contributed by atoms with Gasteiger partial charge in [0.15, 0.2) is 0 Å². The maximum Gasteiger partial charge on any atom is 0.417 e. The number of pyridine rings is 1. The number of aromatic nitrogens is 1. The fourth-order valence-electron chi connectivity index (χ4n) is 2.19. The van der Waals surface area contributed by atoms with Crippen LogP contribution in [0.1, 0.15) is 18.1 Å². The van der Waals surface area contributed by atoms with Crippen LogP contribution in [0.5, 0.6) is 0 Å². The molecule has 9 heteroatoms. The van der Waals surface area contributed by atoms with Crippen LogP contribution >= 0.6 is 11.6 Å². The zero-order valence-electron chi connectivity index (χ0n) is 13.7. The monoisotopic (exact) mass is 385 g/mol. The van der Waals surface area contributed by atoms with Gasteiger partial charge in [-0.25, -0.2) is 0 Å². The fourth-order valence-corrected chi connectivity index (χ4v) is 2.41. The van der Waals surface area contributed by atoms with Crippen LogP contribution in [-0.2, 0) is 22.3 Å². The maximum absolute atomic E-state index is 13.0. The minimum Gasteiger partial charge on any atom is -0.350 e. The molecule has 0 saturated carbocycles. The zero-order valence-corrected chi connectivity index (χ0v) is 14.4. The van der Waals surface area contributed by atoms with Crippen molar-refractivity contribution in [3.8, 4) is 0 Å². The lowest BCUT2D eigenvalue weighted by atomic mass is 10.1. The molecule has 0 radical (unpaired) electrons. The molecule has 0 fully saturated rings. The fraction of sp³-hybridized carbons (Fsp3) is 0.235. The molecule has 1 aromatic carbocycles. The van der Waals surface area contributed by atoms with Crippen molar-refractivity contribution in [2.75, 3.05) is 11.4 Å². The number of nitrogens with zero attached hydrogens (tertiary/aromatic N) is 2. The van der Waals surface area contributed by atoms with E-state index in [2.05, 4.69) is 10.3 Å². The van der Waals surface area contributed by atoms with Gasteiger partial charge >= 0.3 is 6.18 Å². The lowest BCUT2D eigenvalue weighted by Crippen LogP contribution is -2.39. The number of benzene rings is 1. The van der Waals surface area contributed by atoms with Crippen molar-refractivity contribution in [3.63, 3.8) is 0 Å². The van der Waals surface area contributed by atoms with Crippen molar-refractivity contribution in [1.82, 2.24) is 10.3 Å². The molecule has 0 aliphatic heterocycles. The summed E-state index contributed by atoms with van der Waals surface area (Å²) in [5.74, 6) is -1.09. The van der Waals surface area contributed by atoms with E-state index in [1.54, 1.807) is 24.5 Å². The van der Waals surface area contributed by atoms with Crippen LogP contribution in [0.25, 0.3) is 0 Å². The first-order valence-electron chi connectivity index (χ1n) is 7.49. The summed E-state index contributed by atoms with van der Waals surface area (Å²) in [4.78, 5) is 28.8. The first kappa shape index (κ1) is 19.7. The molecule has 0 atom stereocenters. The van der Waals surface area contributed by atoms with E-state index in [0.717, 1.165) is 29.5 Å². The molecule has 0 bridgehead atoms. The van der Waals surface area contributed by atoms with Gasteiger partial charge in [0.25, 0.3) is 0 Å². The molecule has 1 N–H and O–H groups in total. The van der Waals surface area contributed by atoms with Gasteiger partial charge in [-0.3, -0.25) is 14.6 Å². The predicted molar refractivity (Wildman–Crippen MR) is 90.6 cm³/mol. The Morgan fingerprint density at radius 2 is 2.00 bits per heavy atom. The molecule has 2 amide bonds. The van der Waals surface area contributed by atoms with Crippen molar-refractivity contribution in [2.45, 2.75) is 19.6 Å². The van der Waals surface area contributed by atoms with Crippen molar-refractivity contribution < 1.29 is 22.8 Å². The Bertz CT molecular complexity index is 798. The van der Waals surface area contributed by atoms with Gasteiger partial charge in [-0.15, -0.1) is 0 Å². The second-order valence-corrected chi connectivity index (χ2v) is 5.81. The van der Waals surface area contributed by atoms with Crippen molar-refractivity contribution >= 4 is 29.1 Å². The Balaban J connectivity index is 2.14. The molecule has 26 heavy (non-hydrogen) atoms. The largest absolute Gasteiger partial charge is 0.417 e. The van der Waals surface area contributed by atoms with Crippen molar-refractivity contribution in [3.05, 3.63) is 58.9 Å². The molecule has 0 saturated heterocycles. The SMILES string of the molecule is CC(=O)N(CC(=O)NCc1cccnc1)c1ccc(Cl)c(C(F)(F)F)c1. The number of carbonyl (C=O) groups excluding carboxylic acids is 2. The Morgan fingerprint density at radius 3 is 2.58 bits per heavy atom. The van der Waals surface area contributed by atoms with Gasteiger partial charge in [0.05, 0.1) is 10.6 Å². The summed E-state index contributed by atoms with van der Waals surface area (Å²) in [6.07, 6.45) is -1.52. The molecular formula is C17H15ClF3N3O2. The average Bonchev–Trinajstić information content (AvgIpc) is 2.58. The van der Waals surface area contributed by atoms with Gasteiger partial charge < -0.3 is 10.2 Å². The molecular weight excluding hydrogens is 371 g/mol. The highest BCUT2D eigenvalue weighted by Crippen LogP contribution is 2.36. The summed E-state index contributed by atoms with van der Waals surface area (Å²) in [7, 11) is 0. The Hall–Kier alpha value is -2.61. The summed E-state index contributed by atoms with van der Waals surface area (Å²) in [5, 5.41) is 2.11. The third-order valence-corrected chi connectivity index (χ3v) is 3.79. The number of amides is 2. The average molecular weight is 386 g/mol. The maximum atomic E-state index is 13.0. The molecule has 0 aliphatic carbocycles. The van der Waals surface area contributed by atoms with Crippen LogP contribution in [0.4, 0.5) is 18.9 Å². The molecule has 5 nitrogen and oxygen atoms in total. The molecule has 1 heterocycles. The third kappa shape index (κ3) is 5.19.